The minimum atomic E-state index is -0.0664. The van der Waals surface area contributed by atoms with Gasteiger partial charge < -0.3 is 10.2 Å². The number of nitrogens with one attached hydrogen (secondary N) is 1. The number of hydrogen-bond acceptors (Lipinski definition) is 3. The molecule has 0 aliphatic rings. The van der Waals surface area contributed by atoms with E-state index in [0.717, 1.165) is 18.6 Å². The van der Waals surface area contributed by atoms with E-state index in [1.165, 1.54) is 0 Å². The van der Waals surface area contributed by atoms with Crippen molar-refractivity contribution < 1.29 is 4.84 Å². The quantitative estimate of drug-likeness (QED) is 0.445. The van der Waals surface area contributed by atoms with Crippen LogP contribution in [0.25, 0.3) is 0 Å². The molecule has 4 heteroatoms. The second kappa shape index (κ2) is 6.43. The molecular weight excluding hydrogens is 190 g/mol. The second-order valence-electron chi connectivity index (χ2n) is 4.57. The minimum Gasteiger partial charge on any atom is -0.334 e. The molecule has 0 rings (SSSR count). The molecule has 4 nitrogen and oxygen atoms in total. The summed E-state index contributed by atoms with van der Waals surface area (Å²) >= 11 is 0. The molecule has 0 spiro atoms. The Morgan fingerprint density at radius 1 is 1.33 bits per heavy atom. The Labute approximate surface area is 92.8 Å². The fourth-order valence-electron chi connectivity index (χ4n) is 0.969. The maximum absolute atomic E-state index is 5.21. The van der Waals surface area contributed by atoms with Crippen molar-refractivity contribution in [3.8, 4) is 0 Å². The van der Waals surface area contributed by atoms with E-state index < -0.39 is 0 Å². The van der Waals surface area contributed by atoms with Crippen LogP contribution in [0.3, 0.4) is 0 Å². The molecule has 0 bridgehead atoms. The minimum absolute atomic E-state index is 0.0664. The zero-order valence-electron chi connectivity index (χ0n) is 10.7. The summed E-state index contributed by atoms with van der Waals surface area (Å²) in [5.74, 6) is 0. The van der Waals surface area contributed by atoms with Gasteiger partial charge in [-0.25, -0.2) is 4.99 Å². The van der Waals surface area contributed by atoms with Gasteiger partial charge in [0.05, 0.1) is 5.71 Å². The first-order valence-corrected chi connectivity index (χ1v) is 5.34. The molecule has 0 heterocycles. The number of nitrogens with zero attached hydrogens (tertiary/aromatic N) is 2. The molecule has 0 aromatic rings. The van der Waals surface area contributed by atoms with Crippen LogP contribution in [0.1, 0.15) is 47.5 Å². The van der Waals surface area contributed by atoms with Gasteiger partial charge in [0.15, 0.2) is 0 Å². The normalized spacial score (nSPS) is 14.0. The lowest BCUT2D eigenvalue weighted by Crippen LogP contribution is -2.41. The third-order valence-electron chi connectivity index (χ3n) is 1.58. The maximum atomic E-state index is 5.21. The highest BCUT2D eigenvalue weighted by atomic mass is 16.6. The van der Waals surface area contributed by atoms with Gasteiger partial charge >= 0.3 is 6.02 Å². The number of oxime groups is 1. The molecule has 0 unspecified atom stereocenters. The van der Waals surface area contributed by atoms with Gasteiger partial charge in [0.2, 0.25) is 0 Å². The Morgan fingerprint density at radius 3 is 2.33 bits per heavy atom. The van der Waals surface area contributed by atoms with Gasteiger partial charge in [-0.3, -0.25) is 0 Å². The van der Waals surface area contributed by atoms with E-state index in [-0.39, 0.29) is 5.54 Å². The van der Waals surface area contributed by atoms with E-state index >= 15 is 0 Å². The number of hydrogen-bond donors (Lipinski definition) is 1. The van der Waals surface area contributed by atoms with Gasteiger partial charge in [0.1, 0.15) is 0 Å². The summed E-state index contributed by atoms with van der Waals surface area (Å²) in [7, 11) is 1.68. The number of amidine groups is 1. The fraction of sp³-hybridized carbons (Fsp3) is 0.818. The standard InChI is InChI=1S/C11H23N3O/c1-7-8-9(2)14-15-10(12-6)13-11(3,4)5/h7-8H2,1-6H3,(H,12,13). The third-order valence-corrected chi connectivity index (χ3v) is 1.58. The average molecular weight is 213 g/mol. The SMILES string of the molecule is CCCC(C)=NOC(=NC)NC(C)(C)C. The first-order chi connectivity index (χ1) is 6.89. The molecule has 0 aliphatic heterocycles. The van der Waals surface area contributed by atoms with Gasteiger partial charge in [-0.15, -0.1) is 0 Å². The van der Waals surface area contributed by atoms with Crippen LogP contribution >= 0.6 is 0 Å². The zero-order valence-corrected chi connectivity index (χ0v) is 10.7. The molecule has 0 atom stereocenters. The van der Waals surface area contributed by atoms with E-state index in [2.05, 4.69) is 22.4 Å². The highest BCUT2D eigenvalue weighted by molar-refractivity contribution is 5.82. The molecule has 15 heavy (non-hydrogen) atoms. The highest BCUT2D eigenvalue weighted by Crippen LogP contribution is 2.00. The Kier molecular flexibility index (Phi) is 5.97. The Balaban J connectivity index is 4.19. The van der Waals surface area contributed by atoms with Gasteiger partial charge in [-0.1, -0.05) is 18.5 Å². The lowest BCUT2D eigenvalue weighted by molar-refractivity contribution is 0.291. The van der Waals surface area contributed by atoms with Crippen LogP contribution < -0.4 is 5.32 Å². The van der Waals surface area contributed by atoms with E-state index in [1.807, 2.05) is 27.7 Å². The molecule has 0 saturated carbocycles. The topological polar surface area (TPSA) is 46.0 Å². The third kappa shape index (κ3) is 7.97. The van der Waals surface area contributed by atoms with Crippen molar-refractivity contribution in [2.24, 2.45) is 10.1 Å². The number of aliphatic imine (C=N–C) groups is 1. The van der Waals surface area contributed by atoms with Crippen molar-refractivity contribution in [1.82, 2.24) is 5.32 Å². The molecule has 88 valence electrons. The van der Waals surface area contributed by atoms with Crippen molar-refractivity contribution in [2.75, 3.05) is 7.05 Å². The second-order valence-corrected chi connectivity index (χ2v) is 4.57. The molecule has 0 radical (unpaired) electrons. The van der Waals surface area contributed by atoms with Crippen LogP contribution in [0.4, 0.5) is 0 Å². The summed E-state index contributed by atoms with van der Waals surface area (Å²) in [6, 6.07) is 0.456. The van der Waals surface area contributed by atoms with Crippen molar-refractivity contribution >= 4 is 11.7 Å². The van der Waals surface area contributed by atoms with Crippen molar-refractivity contribution in [2.45, 2.75) is 53.0 Å². The van der Waals surface area contributed by atoms with Gasteiger partial charge in [-0.05, 0) is 34.1 Å². The van der Waals surface area contributed by atoms with Crippen LogP contribution in [0, 0.1) is 0 Å². The molecule has 0 aromatic carbocycles. The summed E-state index contributed by atoms with van der Waals surface area (Å²) in [6.45, 7) is 10.2. The van der Waals surface area contributed by atoms with E-state index in [0.29, 0.717) is 6.02 Å². The molecule has 0 aromatic heterocycles. The molecule has 0 aliphatic carbocycles. The molecule has 0 fully saturated rings. The van der Waals surface area contributed by atoms with Crippen LogP contribution in [0.15, 0.2) is 10.1 Å². The predicted octanol–water partition coefficient (Wildman–Crippen LogP) is 2.55. The first-order valence-electron chi connectivity index (χ1n) is 5.34. The van der Waals surface area contributed by atoms with Crippen molar-refractivity contribution in [3.63, 3.8) is 0 Å². The number of rotatable bonds is 3. The summed E-state index contributed by atoms with van der Waals surface area (Å²) in [5, 5.41) is 7.12. The van der Waals surface area contributed by atoms with Crippen LogP contribution in [-0.4, -0.2) is 24.3 Å². The van der Waals surface area contributed by atoms with Crippen molar-refractivity contribution in [3.05, 3.63) is 0 Å². The first kappa shape index (κ1) is 13.9. The summed E-state index contributed by atoms with van der Waals surface area (Å²) in [6.07, 6.45) is 2.02. The zero-order chi connectivity index (χ0) is 11.9. The van der Waals surface area contributed by atoms with E-state index in [1.54, 1.807) is 7.05 Å². The monoisotopic (exact) mass is 213 g/mol. The van der Waals surface area contributed by atoms with Gasteiger partial charge in [-0.2, -0.15) is 0 Å². The van der Waals surface area contributed by atoms with E-state index in [9.17, 15) is 0 Å². The molecule has 0 saturated heterocycles. The summed E-state index contributed by atoms with van der Waals surface area (Å²) in [4.78, 5) is 9.19. The summed E-state index contributed by atoms with van der Waals surface area (Å²) in [5.41, 5.74) is 0.914. The van der Waals surface area contributed by atoms with Gasteiger partial charge in [0, 0.05) is 12.6 Å². The lowest BCUT2D eigenvalue weighted by atomic mass is 10.1. The highest BCUT2D eigenvalue weighted by Gasteiger charge is 2.12. The largest absolute Gasteiger partial charge is 0.334 e. The van der Waals surface area contributed by atoms with Crippen LogP contribution in [0.5, 0.6) is 0 Å². The Bertz CT molecular complexity index is 239. The molecule has 1 N–H and O–H groups in total. The maximum Gasteiger partial charge on any atom is 0.315 e. The molecule has 0 amide bonds. The van der Waals surface area contributed by atoms with Crippen LogP contribution in [-0.2, 0) is 4.84 Å². The Morgan fingerprint density at radius 2 is 1.93 bits per heavy atom. The van der Waals surface area contributed by atoms with Crippen LogP contribution in [0.2, 0.25) is 0 Å². The summed E-state index contributed by atoms with van der Waals surface area (Å²) < 4.78 is 0. The van der Waals surface area contributed by atoms with E-state index in [4.69, 9.17) is 4.84 Å². The fourth-order valence-corrected chi connectivity index (χ4v) is 0.969. The average Bonchev–Trinajstić information content (AvgIpc) is 2.11. The lowest BCUT2D eigenvalue weighted by Gasteiger charge is -2.21. The predicted molar refractivity (Wildman–Crippen MR) is 65.3 cm³/mol. The van der Waals surface area contributed by atoms with Gasteiger partial charge in [0.25, 0.3) is 0 Å². The molecular formula is C11H23N3O. The Hall–Kier alpha value is -1.06. The van der Waals surface area contributed by atoms with Crippen molar-refractivity contribution in [1.29, 1.82) is 0 Å². The smallest absolute Gasteiger partial charge is 0.315 e.